The zero-order valence-corrected chi connectivity index (χ0v) is 17.2. The third kappa shape index (κ3) is 5.56. The number of piperazine rings is 1. The van der Waals surface area contributed by atoms with Crippen molar-refractivity contribution in [2.75, 3.05) is 26.2 Å². The van der Waals surface area contributed by atoms with Gasteiger partial charge in [0.05, 0.1) is 11.6 Å². The highest BCUT2D eigenvalue weighted by Crippen LogP contribution is 2.17. The van der Waals surface area contributed by atoms with E-state index in [1.165, 1.54) is 11.1 Å². The third-order valence-corrected chi connectivity index (χ3v) is 5.58. The summed E-state index contributed by atoms with van der Waals surface area (Å²) >= 11 is 0. The smallest absolute Gasteiger partial charge is 0.338 e. The molecule has 154 valence electrons. The van der Waals surface area contributed by atoms with Crippen molar-refractivity contribution >= 4 is 5.97 Å². The standard InChI is InChI=1S/C26H28N2O2/c29-26(24-14-8-3-9-15-24)30-21-25-20-27(18-22-10-4-1-5-11-22)16-17-28(25)19-23-12-6-2-7-13-23/h1-15,25H,16-21H2. The molecule has 0 aliphatic carbocycles. The van der Waals surface area contributed by atoms with Gasteiger partial charge in [0.2, 0.25) is 0 Å². The number of benzene rings is 3. The van der Waals surface area contributed by atoms with Gasteiger partial charge in [0.1, 0.15) is 6.61 Å². The number of hydrogen-bond donors (Lipinski definition) is 0. The van der Waals surface area contributed by atoms with Gasteiger partial charge in [-0.05, 0) is 23.3 Å². The zero-order valence-electron chi connectivity index (χ0n) is 17.2. The molecule has 4 nitrogen and oxygen atoms in total. The highest BCUT2D eigenvalue weighted by molar-refractivity contribution is 5.89. The van der Waals surface area contributed by atoms with Crippen LogP contribution in [0.3, 0.4) is 0 Å². The molecular weight excluding hydrogens is 372 g/mol. The van der Waals surface area contributed by atoms with E-state index >= 15 is 0 Å². The highest BCUT2D eigenvalue weighted by atomic mass is 16.5. The highest BCUT2D eigenvalue weighted by Gasteiger charge is 2.28. The molecule has 0 bridgehead atoms. The Morgan fingerprint density at radius 1 is 0.767 bits per heavy atom. The molecule has 0 N–H and O–H groups in total. The molecule has 3 aromatic carbocycles. The van der Waals surface area contributed by atoms with Crippen molar-refractivity contribution in [2.24, 2.45) is 0 Å². The molecule has 1 unspecified atom stereocenters. The molecule has 1 fully saturated rings. The zero-order chi connectivity index (χ0) is 20.6. The first-order valence-electron chi connectivity index (χ1n) is 10.5. The van der Waals surface area contributed by atoms with Gasteiger partial charge in [0.15, 0.2) is 0 Å². The lowest BCUT2D eigenvalue weighted by atomic mass is 10.1. The van der Waals surface area contributed by atoms with Crippen LogP contribution in [0.2, 0.25) is 0 Å². The van der Waals surface area contributed by atoms with Gasteiger partial charge in [-0.1, -0.05) is 78.9 Å². The van der Waals surface area contributed by atoms with Crippen molar-refractivity contribution in [1.82, 2.24) is 9.80 Å². The van der Waals surface area contributed by atoms with Gasteiger partial charge in [-0.3, -0.25) is 9.80 Å². The maximum Gasteiger partial charge on any atom is 0.338 e. The molecule has 0 radical (unpaired) electrons. The van der Waals surface area contributed by atoms with E-state index in [-0.39, 0.29) is 12.0 Å². The molecule has 3 aromatic rings. The third-order valence-electron chi connectivity index (χ3n) is 5.58. The minimum atomic E-state index is -0.254. The fourth-order valence-electron chi connectivity index (χ4n) is 3.96. The SMILES string of the molecule is O=C(OCC1CN(Cc2ccccc2)CCN1Cc1ccccc1)c1ccccc1. The topological polar surface area (TPSA) is 32.8 Å². The average Bonchev–Trinajstić information content (AvgIpc) is 2.81. The summed E-state index contributed by atoms with van der Waals surface area (Å²) in [7, 11) is 0. The minimum absolute atomic E-state index is 0.162. The monoisotopic (exact) mass is 400 g/mol. The van der Waals surface area contributed by atoms with Crippen LogP contribution >= 0.6 is 0 Å². The van der Waals surface area contributed by atoms with Crippen LogP contribution in [0.25, 0.3) is 0 Å². The van der Waals surface area contributed by atoms with Gasteiger partial charge in [-0.2, -0.15) is 0 Å². The molecule has 0 amide bonds. The van der Waals surface area contributed by atoms with Crippen molar-refractivity contribution in [1.29, 1.82) is 0 Å². The van der Waals surface area contributed by atoms with Gasteiger partial charge >= 0.3 is 5.97 Å². The normalized spacial score (nSPS) is 17.5. The largest absolute Gasteiger partial charge is 0.460 e. The van der Waals surface area contributed by atoms with E-state index in [4.69, 9.17) is 4.74 Å². The Labute approximate surface area is 178 Å². The molecule has 0 saturated carbocycles. The summed E-state index contributed by atoms with van der Waals surface area (Å²) in [6.07, 6.45) is 0. The van der Waals surface area contributed by atoms with E-state index in [0.717, 1.165) is 32.7 Å². The van der Waals surface area contributed by atoms with Gasteiger partial charge in [-0.25, -0.2) is 4.79 Å². The van der Waals surface area contributed by atoms with E-state index in [9.17, 15) is 4.79 Å². The van der Waals surface area contributed by atoms with Crippen LogP contribution in [0.5, 0.6) is 0 Å². The van der Waals surface area contributed by atoms with Gasteiger partial charge in [-0.15, -0.1) is 0 Å². The number of esters is 1. The van der Waals surface area contributed by atoms with Crippen LogP contribution in [0.4, 0.5) is 0 Å². The van der Waals surface area contributed by atoms with E-state index in [1.807, 2.05) is 30.3 Å². The van der Waals surface area contributed by atoms with Crippen LogP contribution in [0.1, 0.15) is 21.5 Å². The molecule has 1 aliphatic heterocycles. The molecule has 1 saturated heterocycles. The maximum atomic E-state index is 12.5. The van der Waals surface area contributed by atoms with Crippen LogP contribution in [0.15, 0.2) is 91.0 Å². The second kappa shape index (κ2) is 10.2. The molecule has 1 heterocycles. The summed E-state index contributed by atoms with van der Waals surface area (Å²) in [4.78, 5) is 17.4. The van der Waals surface area contributed by atoms with Crippen LogP contribution in [-0.4, -0.2) is 48.1 Å². The minimum Gasteiger partial charge on any atom is -0.460 e. The number of nitrogens with zero attached hydrogens (tertiary/aromatic N) is 2. The number of carbonyl (C=O) groups excluding carboxylic acids is 1. The molecule has 0 aromatic heterocycles. The Hall–Kier alpha value is -2.95. The summed E-state index contributed by atoms with van der Waals surface area (Å²) in [6, 6.07) is 30.4. The summed E-state index contributed by atoms with van der Waals surface area (Å²) in [6.45, 7) is 5.02. The molecule has 4 heteroatoms. The van der Waals surface area contributed by atoms with Crippen LogP contribution in [-0.2, 0) is 17.8 Å². The molecule has 1 aliphatic rings. The molecule has 30 heavy (non-hydrogen) atoms. The van der Waals surface area contributed by atoms with Crippen molar-refractivity contribution in [3.05, 3.63) is 108 Å². The summed E-state index contributed by atoms with van der Waals surface area (Å²) in [5.74, 6) is -0.254. The molecule has 4 rings (SSSR count). The van der Waals surface area contributed by atoms with Crippen molar-refractivity contribution in [2.45, 2.75) is 19.1 Å². The van der Waals surface area contributed by atoms with E-state index < -0.39 is 0 Å². The number of rotatable bonds is 7. The quantitative estimate of drug-likeness (QED) is 0.556. The first-order valence-corrected chi connectivity index (χ1v) is 10.5. The predicted octanol–water partition coefficient (Wildman–Crippen LogP) is 4.23. The lowest BCUT2D eigenvalue weighted by Gasteiger charge is -2.41. The van der Waals surface area contributed by atoms with Crippen LogP contribution < -0.4 is 0 Å². The molecule has 0 spiro atoms. The fourth-order valence-corrected chi connectivity index (χ4v) is 3.96. The Bertz CT molecular complexity index is 916. The number of carbonyl (C=O) groups is 1. The fraction of sp³-hybridized carbons (Fsp3) is 0.269. The van der Waals surface area contributed by atoms with Crippen molar-refractivity contribution < 1.29 is 9.53 Å². The van der Waals surface area contributed by atoms with E-state index in [1.54, 1.807) is 12.1 Å². The molecular formula is C26H28N2O2. The first-order chi connectivity index (χ1) is 14.8. The lowest BCUT2D eigenvalue weighted by molar-refractivity contribution is 0.00674. The Kier molecular flexibility index (Phi) is 6.91. The van der Waals surface area contributed by atoms with E-state index in [0.29, 0.717) is 12.2 Å². The van der Waals surface area contributed by atoms with Crippen molar-refractivity contribution in [3.63, 3.8) is 0 Å². The number of hydrogen-bond acceptors (Lipinski definition) is 4. The average molecular weight is 401 g/mol. The Morgan fingerprint density at radius 3 is 1.97 bits per heavy atom. The first kappa shape index (κ1) is 20.3. The Balaban J connectivity index is 1.42. The summed E-state index contributed by atoms with van der Waals surface area (Å²) in [5.41, 5.74) is 3.20. The summed E-state index contributed by atoms with van der Waals surface area (Å²) < 4.78 is 5.73. The predicted molar refractivity (Wildman–Crippen MR) is 119 cm³/mol. The Morgan fingerprint density at radius 2 is 1.33 bits per heavy atom. The second-order valence-corrected chi connectivity index (χ2v) is 7.80. The van der Waals surface area contributed by atoms with Crippen molar-refractivity contribution in [3.8, 4) is 0 Å². The number of ether oxygens (including phenoxy) is 1. The molecule has 1 atom stereocenters. The van der Waals surface area contributed by atoms with Crippen LogP contribution in [0, 0.1) is 0 Å². The summed E-state index contributed by atoms with van der Waals surface area (Å²) in [5, 5.41) is 0. The maximum absolute atomic E-state index is 12.5. The lowest BCUT2D eigenvalue weighted by Crippen LogP contribution is -2.54. The second-order valence-electron chi connectivity index (χ2n) is 7.80. The van der Waals surface area contributed by atoms with E-state index in [2.05, 4.69) is 58.3 Å². The van der Waals surface area contributed by atoms with Gasteiger partial charge < -0.3 is 4.74 Å². The van der Waals surface area contributed by atoms with Gasteiger partial charge in [0.25, 0.3) is 0 Å². The van der Waals surface area contributed by atoms with Gasteiger partial charge in [0, 0.05) is 32.7 Å².